The van der Waals surface area contributed by atoms with Gasteiger partial charge in [-0.25, -0.2) is 0 Å². The number of para-hydroxylation sites is 1. The zero-order valence-electron chi connectivity index (χ0n) is 8.63. The predicted molar refractivity (Wildman–Crippen MR) is 60.5 cm³/mol. The summed E-state index contributed by atoms with van der Waals surface area (Å²) >= 11 is 0. The van der Waals surface area contributed by atoms with Gasteiger partial charge in [0.15, 0.2) is 0 Å². The average molecular weight is 191 g/mol. The molecule has 0 N–H and O–H groups in total. The minimum atomic E-state index is 1.12. The molecule has 2 nitrogen and oxygen atoms in total. The molecule has 0 heterocycles. The summed E-state index contributed by atoms with van der Waals surface area (Å²) in [6.07, 6.45) is 0. The van der Waals surface area contributed by atoms with Gasteiger partial charge in [-0.2, -0.15) is 0 Å². The van der Waals surface area contributed by atoms with E-state index in [4.69, 9.17) is 0 Å². The molecule has 0 spiro atoms. The highest BCUT2D eigenvalue weighted by Crippen LogP contribution is 2.23. The first-order valence-corrected chi connectivity index (χ1v) is 4.73. The summed E-state index contributed by atoms with van der Waals surface area (Å²) in [5, 5.41) is 1.12. The summed E-state index contributed by atoms with van der Waals surface area (Å²) < 4.78 is 0. The van der Waals surface area contributed by atoms with E-state index in [-0.39, 0.29) is 0 Å². The van der Waals surface area contributed by atoms with E-state index in [2.05, 4.69) is 32.2 Å². The molecule has 0 saturated carbocycles. The predicted octanol–water partition coefficient (Wildman–Crippen LogP) is 0.612. The molecule has 0 saturated heterocycles. The summed E-state index contributed by atoms with van der Waals surface area (Å²) in [7, 11) is 11.8. The maximum atomic E-state index is 3.60. The smallest absolute Gasteiger partial charge is 0.0742 e. The second kappa shape index (κ2) is 3.83. The molecule has 0 aromatic heterocycles. The first kappa shape index (κ1) is 10.1. The highest BCUT2D eigenvalue weighted by Gasteiger charge is 2.07. The van der Waals surface area contributed by atoms with Crippen LogP contribution in [0.1, 0.15) is 0 Å². The minimum Gasteiger partial charge on any atom is -0.376 e. The van der Waals surface area contributed by atoms with Crippen LogP contribution in [0, 0.1) is 0 Å². The van der Waals surface area contributed by atoms with Gasteiger partial charge in [-0.3, -0.25) is 0 Å². The first-order chi connectivity index (χ1) is 6.04. The quantitative estimate of drug-likeness (QED) is 0.632. The lowest BCUT2D eigenvalue weighted by Gasteiger charge is -2.24. The van der Waals surface area contributed by atoms with Crippen molar-refractivity contribution in [3.05, 3.63) is 18.2 Å². The zero-order valence-corrected chi connectivity index (χ0v) is 9.63. The van der Waals surface area contributed by atoms with Crippen LogP contribution < -0.4 is 15.0 Å². The Morgan fingerprint density at radius 2 is 1.62 bits per heavy atom. The van der Waals surface area contributed by atoms with Crippen LogP contribution in [-0.2, 0) is 0 Å². The van der Waals surface area contributed by atoms with Gasteiger partial charge in [0.05, 0.1) is 21.6 Å². The van der Waals surface area contributed by atoms with Crippen molar-refractivity contribution in [3.63, 3.8) is 0 Å². The maximum Gasteiger partial charge on any atom is 0.0742 e. The van der Waals surface area contributed by atoms with E-state index >= 15 is 0 Å². The lowest BCUT2D eigenvalue weighted by molar-refractivity contribution is 1.08. The van der Waals surface area contributed by atoms with E-state index in [9.17, 15) is 0 Å². The number of hydrogen-bond acceptors (Lipinski definition) is 2. The lowest BCUT2D eigenvalue weighted by Crippen LogP contribution is -2.23. The number of benzene rings is 1. The highest BCUT2D eigenvalue weighted by molar-refractivity contribution is 6.36. The molecule has 0 amide bonds. The Kier molecular flexibility index (Phi) is 2.98. The van der Waals surface area contributed by atoms with Crippen molar-refractivity contribution in [1.29, 1.82) is 0 Å². The molecule has 1 aromatic rings. The third kappa shape index (κ3) is 2.04. The van der Waals surface area contributed by atoms with Crippen molar-refractivity contribution >= 4 is 26.8 Å². The number of hydrogen-bond donors (Lipinski definition) is 0. The van der Waals surface area contributed by atoms with Gasteiger partial charge in [-0.15, -0.1) is 0 Å². The van der Waals surface area contributed by atoms with Crippen LogP contribution in [0.15, 0.2) is 18.2 Å². The summed E-state index contributed by atoms with van der Waals surface area (Å²) in [4.78, 5) is 4.22. The van der Waals surface area contributed by atoms with Crippen LogP contribution in [0.5, 0.6) is 0 Å². The lowest BCUT2D eigenvalue weighted by atomic mass is 10.2. The van der Waals surface area contributed by atoms with Gasteiger partial charge in [-0.05, 0) is 11.3 Å². The molecule has 1 aromatic carbocycles. The van der Waals surface area contributed by atoms with Gasteiger partial charge in [0.25, 0.3) is 0 Å². The Morgan fingerprint density at radius 1 is 1.00 bits per heavy atom. The van der Waals surface area contributed by atoms with Crippen LogP contribution in [0.2, 0.25) is 0 Å². The van der Waals surface area contributed by atoms with E-state index in [1.54, 1.807) is 0 Å². The Bertz CT molecular complexity index is 295. The molecule has 1 rings (SSSR count). The van der Waals surface area contributed by atoms with Gasteiger partial charge >= 0.3 is 0 Å². The first-order valence-electron chi connectivity index (χ1n) is 4.23. The van der Waals surface area contributed by atoms with Crippen molar-refractivity contribution in [1.82, 2.24) is 0 Å². The number of anilines is 2. The van der Waals surface area contributed by atoms with Gasteiger partial charge in [-0.1, -0.05) is 12.1 Å². The Hall–Kier alpha value is -0.963. The zero-order chi connectivity index (χ0) is 10.0. The number of nitrogens with zero attached hydrogens (tertiary/aromatic N) is 2. The molecule has 0 bridgehead atoms. The van der Waals surface area contributed by atoms with Crippen molar-refractivity contribution < 1.29 is 0 Å². The summed E-state index contributed by atoms with van der Waals surface area (Å²) in [5.74, 6) is 0. The highest BCUT2D eigenvalue weighted by atomic mass is 28.1. The van der Waals surface area contributed by atoms with E-state index in [0.29, 0.717) is 0 Å². The summed E-state index contributed by atoms with van der Waals surface area (Å²) in [5.41, 5.74) is 2.43. The molecule has 0 aliphatic rings. The minimum absolute atomic E-state index is 1.12. The van der Waals surface area contributed by atoms with Crippen molar-refractivity contribution in [2.45, 2.75) is 0 Å². The Morgan fingerprint density at radius 3 is 2.00 bits per heavy atom. The normalized spacial score (nSPS) is 9.92. The van der Waals surface area contributed by atoms with Crippen LogP contribution in [0.4, 0.5) is 11.4 Å². The molecule has 13 heavy (non-hydrogen) atoms. The van der Waals surface area contributed by atoms with E-state index in [0.717, 1.165) is 5.19 Å². The van der Waals surface area contributed by atoms with Crippen molar-refractivity contribution in [2.24, 2.45) is 0 Å². The fraction of sp³-hybridized carbons (Fsp3) is 0.400. The Balaban J connectivity index is 3.26. The number of rotatable bonds is 2. The van der Waals surface area contributed by atoms with Crippen molar-refractivity contribution in [2.75, 3.05) is 38.0 Å². The monoisotopic (exact) mass is 191 g/mol. The standard InChI is InChI=1S/C10H15N2Si/c1-11(2)8-6-5-7-9(13)10(8)12(3)4/h5-7H,1-4H3. The summed E-state index contributed by atoms with van der Waals surface area (Å²) in [6.45, 7) is 0. The maximum absolute atomic E-state index is 3.60. The van der Waals surface area contributed by atoms with Gasteiger partial charge in [0.2, 0.25) is 0 Å². The van der Waals surface area contributed by atoms with Crippen LogP contribution in [0.3, 0.4) is 0 Å². The molecule has 0 unspecified atom stereocenters. The molecular formula is C10H15N2Si. The topological polar surface area (TPSA) is 6.48 Å². The molecular weight excluding hydrogens is 176 g/mol. The Labute approximate surface area is 83.6 Å². The second-order valence-electron chi connectivity index (χ2n) is 3.46. The summed E-state index contributed by atoms with van der Waals surface area (Å²) in [6, 6.07) is 6.21. The van der Waals surface area contributed by atoms with E-state index in [1.165, 1.54) is 11.4 Å². The third-order valence-electron chi connectivity index (χ3n) is 1.94. The molecule has 0 atom stereocenters. The molecule has 0 aliphatic carbocycles. The van der Waals surface area contributed by atoms with Crippen LogP contribution >= 0.6 is 0 Å². The van der Waals surface area contributed by atoms with Crippen molar-refractivity contribution in [3.8, 4) is 0 Å². The fourth-order valence-electron chi connectivity index (χ4n) is 1.36. The average Bonchev–Trinajstić information content (AvgIpc) is 2.02. The largest absolute Gasteiger partial charge is 0.376 e. The SMILES string of the molecule is CN(C)c1cccc([Si])c1N(C)C. The molecule has 69 valence electrons. The van der Waals surface area contributed by atoms with Crippen LogP contribution in [0.25, 0.3) is 0 Å². The van der Waals surface area contributed by atoms with Gasteiger partial charge in [0.1, 0.15) is 0 Å². The fourth-order valence-corrected chi connectivity index (χ4v) is 1.81. The van der Waals surface area contributed by atoms with Crippen LogP contribution in [-0.4, -0.2) is 38.4 Å². The molecule has 3 radical (unpaired) electrons. The van der Waals surface area contributed by atoms with Gasteiger partial charge in [0, 0.05) is 28.2 Å². The third-order valence-corrected chi connectivity index (χ3v) is 2.35. The van der Waals surface area contributed by atoms with E-state index < -0.39 is 0 Å². The molecule has 0 aliphatic heterocycles. The molecule has 3 heteroatoms. The van der Waals surface area contributed by atoms with Gasteiger partial charge < -0.3 is 9.80 Å². The van der Waals surface area contributed by atoms with E-state index in [1.807, 2.05) is 34.3 Å². The second-order valence-corrected chi connectivity index (χ2v) is 4.00. The molecule has 0 fully saturated rings.